The quantitative estimate of drug-likeness (QED) is 0.248. The van der Waals surface area contributed by atoms with Gasteiger partial charge in [-0.15, -0.1) is 0 Å². The molecular formula is C37H55N5O2. The molecule has 1 atom stereocenters. The minimum atomic E-state index is -0.00667. The summed E-state index contributed by atoms with van der Waals surface area (Å²) in [7, 11) is 0. The summed E-state index contributed by atoms with van der Waals surface area (Å²) in [6.45, 7) is 18.8. The number of H-pyrrole nitrogens is 1. The van der Waals surface area contributed by atoms with Crippen molar-refractivity contribution >= 4 is 16.9 Å². The van der Waals surface area contributed by atoms with Gasteiger partial charge in [-0.05, 0) is 98.7 Å². The van der Waals surface area contributed by atoms with Gasteiger partial charge in [-0.3, -0.25) is 19.2 Å². The number of hydrogen-bond donors (Lipinski definition) is 1. The van der Waals surface area contributed by atoms with Crippen molar-refractivity contribution < 1.29 is 4.79 Å². The molecule has 0 radical (unpaired) electrons. The van der Waals surface area contributed by atoms with E-state index in [9.17, 15) is 9.59 Å². The Bertz CT molecular complexity index is 1430. The molecule has 2 aliphatic heterocycles. The van der Waals surface area contributed by atoms with Gasteiger partial charge in [0.2, 0.25) is 0 Å². The van der Waals surface area contributed by atoms with Crippen molar-refractivity contribution in [2.45, 2.75) is 105 Å². The van der Waals surface area contributed by atoms with Crippen molar-refractivity contribution in [3.8, 4) is 0 Å². The second kappa shape index (κ2) is 14.9. The predicted molar refractivity (Wildman–Crippen MR) is 182 cm³/mol. The molecule has 2 fully saturated rings. The van der Waals surface area contributed by atoms with E-state index in [0.29, 0.717) is 17.9 Å². The van der Waals surface area contributed by atoms with Gasteiger partial charge in [-0.1, -0.05) is 45.7 Å². The van der Waals surface area contributed by atoms with Crippen LogP contribution in [0.5, 0.6) is 0 Å². The van der Waals surface area contributed by atoms with Crippen LogP contribution in [-0.4, -0.2) is 75.5 Å². The summed E-state index contributed by atoms with van der Waals surface area (Å²) in [5, 5.41) is 0. The number of carbonyl (C=O) groups is 1. The van der Waals surface area contributed by atoms with Gasteiger partial charge in [0, 0.05) is 64.0 Å². The first-order chi connectivity index (χ1) is 21.3. The lowest BCUT2D eigenvalue weighted by Gasteiger charge is -2.43. The predicted octanol–water partition coefficient (Wildman–Crippen LogP) is 6.79. The van der Waals surface area contributed by atoms with Crippen LogP contribution in [0.1, 0.15) is 106 Å². The van der Waals surface area contributed by atoms with Crippen molar-refractivity contribution in [1.29, 1.82) is 0 Å². The lowest BCUT2D eigenvalue weighted by molar-refractivity contribution is 0.0481. The van der Waals surface area contributed by atoms with Gasteiger partial charge in [0.1, 0.15) is 0 Å². The first kappa shape index (κ1) is 32.5. The lowest BCUT2D eigenvalue weighted by Crippen LogP contribution is -2.53. The van der Waals surface area contributed by atoms with Gasteiger partial charge in [0.25, 0.3) is 5.91 Å². The molecule has 2 aliphatic rings. The molecule has 1 aromatic heterocycles. The van der Waals surface area contributed by atoms with E-state index in [-0.39, 0.29) is 11.6 Å². The third-order valence-corrected chi connectivity index (χ3v) is 10.2. The molecule has 5 rings (SSSR count). The maximum atomic E-state index is 13.3. The van der Waals surface area contributed by atoms with Gasteiger partial charge in [-0.2, -0.15) is 0 Å². The zero-order valence-corrected chi connectivity index (χ0v) is 27.9. The Morgan fingerprint density at radius 1 is 0.955 bits per heavy atom. The molecule has 0 bridgehead atoms. The maximum Gasteiger partial charge on any atom is 0.326 e. The monoisotopic (exact) mass is 601 g/mol. The number of aryl methyl sites for hydroxylation is 2. The van der Waals surface area contributed by atoms with Gasteiger partial charge in [0.05, 0.1) is 11.0 Å². The molecule has 0 spiro atoms. The molecule has 240 valence electrons. The number of rotatable bonds is 12. The van der Waals surface area contributed by atoms with Crippen molar-refractivity contribution in [3.05, 3.63) is 69.1 Å². The van der Waals surface area contributed by atoms with Crippen LogP contribution >= 0.6 is 0 Å². The fourth-order valence-electron chi connectivity index (χ4n) is 7.60. The molecule has 3 aromatic rings. The van der Waals surface area contributed by atoms with Gasteiger partial charge in [-0.25, -0.2) is 4.79 Å². The Hall–Kier alpha value is -2.90. The van der Waals surface area contributed by atoms with Crippen LogP contribution in [-0.2, 0) is 13.1 Å². The van der Waals surface area contributed by atoms with Crippen LogP contribution in [0.2, 0.25) is 0 Å². The molecular weight excluding hydrogens is 546 g/mol. The summed E-state index contributed by atoms with van der Waals surface area (Å²) in [5.41, 5.74) is 6.74. The summed E-state index contributed by atoms with van der Waals surface area (Å²) in [4.78, 5) is 36.1. The molecule has 7 heteroatoms. The van der Waals surface area contributed by atoms with Crippen molar-refractivity contribution in [2.75, 3.05) is 39.3 Å². The highest BCUT2D eigenvalue weighted by Gasteiger charge is 2.29. The minimum absolute atomic E-state index is 0.00667. The summed E-state index contributed by atoms with van der Waals surface area (Å²) in [6.07, 6.45) is 7.94. The summed E-state index contributed by atoms with van der Waals surface area (Å²) in [6, 6.07) is 13.4. The molecule has 1 amide bonds. The van der Waals surface area contributed by atoms with E-state index in [0.717, 1.165) is 88.2 Å². The maximum absolute atomic E-state index is 13.3. The van der Waals surface area contributed by atoms with Crippen LogP contribution in [0.25, 0.3) is 11.0 Å². The van der Waals surface area contributed by atoms with Gasteiger partial charge >= 0.3 is 5.69 Å². The van der Waals surface area contributed by atoms with Crippen molar-refractivity contribution in [3.63, 3.8) is 0 Å². The van der Waals surface area contributed by atoms with Gasteiger partial charge < -0.3 is 9.88 Å². The summed E-state index contributed by atoms with van der Waals surface area (Å²) >= 11 is 0. The number of hydrogen-bond acceptors (Lipinski definition) is 4. The summed E-state index contributed by atoms with van der Waals surface area (Å²) < 4.78 is 1.88. The van der Waals surface area contributed by atoms with Crippen LogP contribution < -0.4 is 5.69 Å². The Balaban J connectivity index is 1.10. The van der Waals surface area contributed by atoms with E-state index >= 15 is 0 Å². The number of benzene rings is 2. The van der Waals surface area contributed by atoms with Crippen LogP contribution in [0, 0.1) is 12.8 Å². The van der Waals surface area contributed by atoms with Crippen molar-refractivity contribution in [2.24, 2.45) is 5.92 Å². The number of nitrogens with one attached hydrogen (secondary N) is 1. The molecule has 1 N–H and O–H groups in total. The largest absolute Gasteiger partial charge is 0.339 e. The molecule has 2 saturated heterocycles. The first-order valence-corrected chi connectivity index (χ1v) is 17.4. The zero-order valence-electron chi connectivity index (χ0n) is 27.9. The molecule has 0 saturated carbocycles. The topological polar surface area (TPSA) is 64.6 Å². The van der Waals surface area contributed by atoms with Gasteiger partial charge in [0.15, 0.2) is 0 Å². The Morgan fingerprint density at radius 3 is 2.30 bits per heavy atom. The third-order valence-electron chi connectivity index (χ3n) is 10.2. The molecule has 7 nitrogen and oxygen atoms in total. The Morgan fingerprint density at radius 2 is 1.66 bits per heavy atom. The second-order valence-corrected chi connectivity index (χ2v) is 13.6. The molecule has 0 aliphatic carbocycles. The van der Waals surface area contributed by atoms with E-state index in [1.54, 1.807) is 0 Å². The Labute approximate surface area is 264 Å². The minimum Gasteiger partial charge on any atom is -0.339 e. The number of fused-ring (bicyclic) bond motifs is 1. The van der Waals surface area contributed by atoms with E-state index in [1.165, 1.54) is 42.4 Å². The van der Waals surface area contributed by atoms with E-state index in [2.05, 4.69) is 90.7 Å². The fourth-order valence-corrected chi connectivity index (χ4v) is 7.60. The number of amides is 1. The smallest absolute Gasteiger partial charge is 0.326 e. The van der Waals surface area contributed by atoms with Crippen molar-refractivity contribution in [1.82, 2.24) is 24.3 Å². The number of imidazole rings is 1. The van der Waals surface area contributed by atoms with E-state index < -0.39 is 0 Å². The highest BCUT2D eigenvalue weighted by Crippen LogP contribution is 2.28. The third kappa shape index (κ3) is 7.48. The average molecular weight is 602 g/mol. The number of aromatic nitrogens is 2. The number of piperidine rings is 1. The number of nitrogens with zero attached hydrogens (tertiary/aromatic N) is 4. The highest BCUT2D eigenvalue weighted by molar-refractivity contribution is 5.94. The second-order valence-electron chi connectivity index (χ2n) is 13.6. The highest BCUT2D eigenvalue weighted by atomic mass is 16.2. The number of carbonyl (C=O) groups excluding carboxylic acids is 1. The molecule has 3 heterocycles. The standard InChI is InChI=1S/C37H55N5O2/c1-6-9-30(10-7-2)31-11-13-32(14-12-31)36(43)40-18-15-29(16-19-40)25-41-21-20-39(24-28(41)5)26-33-23-35-34(22-27(33)4)38-37(44)42(35)17-8-3/h11-14,22-23,28-30H,6-10,15-21,24-26H2,1-5H3,(H,38,44). The molecule has 2 aromatic carbocycles. The molecule has 44 heavy (non-hydrogen) atoms. The first-order valence-electron chi connectivity index (χ1n) is 17.4. The fraction of sp³-hybridized carbons (Fsp3) is 0.622. The summed E-state index contributed by atoms with van der Waals surface area (Å²) in [5.74, 6) is 1.45. The lowest BCUT2D eigenvalue weighted by atomic mass is 9.90. The SMILES string of the molecule is CCCC(CCC)c1ccc(C(=O)N2CCC(CN3CCN(Cc4cc5c(cc4C)[nH]c(=O)n5CCC)CC3C)CC2)cc1. The van der Waals surface area contributed by atoms with E-state index in [4.69, 9.17) is 0 Å². The number of aromatic amines is 1. The van der Waals surface area contributed by atoms with Crippen LogP contribution in [0.4, 0.5) is 0 Å². The van der Waals surface area contributed by atoms with Crippen LogP contribution in [0.3, 0.4) is 0 Å². The number of likely N-dealkylation sites (tertiary alicyclic amines) is 1. The normalized spacial score (nSPS) is 19.0. The zero-order chi connectivity index (χ0) is 31.2. The van der Waals surface area contributed by atoms with Crippen LogP contribution in [0.15, 0.2) is 41.2 Å². The number of piperazine rings is 1. The Kier molecular flexibility index (Phi) is 11.0. The average Bonchev–Trinajstić information content (AvgIpc) is 3.32. The molecule has 1 unspecified atom stereocenters. The van der Waals surface area contributed by atoms with E-state index in [1.807, 2.05) is 4.57 Å².